The predicted molar refractivity (Wildman–Crippen MR) is 490 cm³/mol. The van der Waals surface area contributed by atoms with Gasteiger partial charge in [-0.25, -0.2) is 39.9 Å². The highest BCUT2D eigenvalue weighted by molar-refractivity contribution is 6.27. The number of para-hydroxylation sites is 4. The van der Waals surface area contributed by atoms with Crippen molar-refractivity contribution in [1.29, 1.82) is 0 Å². The summed E-state index contributed by atoms with van der Waals surface area (Å²) in [7, 11) is 0. The molecule has 0 atom stereocenters. The van der Waals surface area contributed by atoms with Crippen molar-refractivity contribution in [3.05, 3.63) is 413 Å². The first-order valence-corrected chi connectivity index (χ1v) is 40.2. The van der Waals surface area contributed by atoms with E-state index in [9.17, 15) is 0 Å². The lowest BCUT2D eigenvalue weighted by molar-refractivity contribution is 0.673. The molecule has 0 saturated carbocycles. The number of nitrogens with zero attached hydrogens (tertiary/aromatic N) is 8. The largest absolute Gasteiger partial charge is 0.455 e. The molecule has 23 rings (SSSR count). The van der Waals surface area contributed by atoms with Gasteiger partial charge < -0.3 is 8.83 Å². The molecule has 0 spiro atoms. The SMILES string of the molecule is c1ccc(-c2nc(-c3ccccc3)nc(-c3ccc(-c4ccc(-c5ccc(-c6cccc7c6oc6c7ccc7c(-c8ccccc8)nc8ccccc8c76)cc5)cc4)cc3)n2)cc1.c1ccc(-c2nc(-c3ccccc3)nc(-c3cccc(-c4ccc(-c5cccc6c5oc5c6ccc6c(-c7ccccc7)nc7ccccc7c65)cc4)c3)n2)cc1. The highest BCUT2D eigenvalue weighted by Crippen LogP contribution is 2.47. The van der Waals surface area contributed by atoms with Gasteiger partial charge in [-0.15, -0.1) is 0 Å². The molecule has 0 amide bonds. The van der Waals surface area contributed by atoms with Crippen molar-refractivity contribution in [3.63, 3.8) is 0 Å². The lowest BCUT2D eigenvalue weighted by Gasteiger charge is -2.10. The van der Waals surface area contributed by atoms with Crippen LogP contribution in [0.15, 0.2) is 421 Å². The number of hydrogen-bond donors (Lipinski definition) is 0. The quantitative estimate of drug-likeness (QED) is 0.103. The van der Waals surface area contributed by atoms with E-state index in [1.807, 2.05) is 146 Å². The Hall–Kier alpha value is -16.3. The van der Waals surface area contributed by atoms with E-state index in [1.54, 1.807) is 0 Å². The summed E-state index contributed by atoms with van der Waals surface area (Å²) in [4.78, 5) is 39.7. The van der Waals surface area contributed by atoms with Crippen LogP contribution in [-0.2, 0) is 0 Å². The number of benzene rings is 17. The third kappa shape index (κ3) is 13.0. The van der Waals surface area contributed by atoms with Crippen LogP contribution in [0.3, 0.4) is 0 Å². The molecular weight excluding hydrogens is 1470 g/mol. The van der Waals surface area contributed by atoms with Crippen LogP contribution in [-0.4, -0.2) is 39.9 Å². The van der Waals surface area contributed by atoms with E-state index in [0.717, 1.165) is 199 Å². The van der Waals surface area contributed by atoms with Crippen molar-refractivity contribution in [2.45, 2.75) is 0 Å². The lowest BCUT2D eigenvalue weighted by Crippen LogP contribution is -2.00. The number of rotatable bonds is 13. The van der Waals surface area contributed by atoms with Crippen LogP contribution in [0.5, 0.6) is 0 Å². The van der Waals surface area contributed by atoms with Gasteiger partial charge in [0, 0.05) is 109 Å². The standard InChI is InChI=1S/C58H36N4O.C52H32N4O/c1-4-13-42(14-5-1)53-50-36-35-48-47-21-12-20-46(54(47)63-55(48)52(50)49-19-10-11-22-51(49)59-53)41-31-27-39(28-32-41)37-23-25-38(26-24-37)40-29-33-45(34-30-40)58-61-56(43-15-6-2-7-16-43)60-57(62-58)44-17-8-3-9-18-44;1-4-14-35(15-5-1)47-44-31-30-42-41-24-13-23-40(48(41)57-49(42)46(44)43-22-10-11-25-45(43)53-47)34-28-26-33(27-29-34)38-20-12-21-39(32-38)52-55-50(36-16-6-2-7-17-36)54-51(56-52)37-18-8-3-9-19-37/h1-36H;1-32H. The number of furan rings is 2. The molecule has 0 radical (unpaired) electrons. The molecule has 0 aliphatic carbocycles. The molecule has 0 unspecified atom stereocenters. The van der Waals surface area contributed by atoms with Gasteiger partial charge >= 0.3 is 0 Å². The van der Waals surface area contributed by atoms with Crippen LogP contribution in [0.4, 0.5) is 0 Å². The van der Waals surface area contributed by atoms with Crippen LogP contribution in [0.25, 0.3) is 234 Å². The van der Waals surface area contributed by atoms with Crippen LogP contribution >= 0.6 is 0 Å². The summed E-state index contributed by atoms with van der Waals surface area (Å²) in [6.45, 7) is 0. The maximum Gasteiger partial charge on any atom is 0.164 e. The Morgan fingerprint density at radius 2 is 0.383 bits per heavy atom. The molecule has 0 aliphatic rings. The zero-order valence-electron chi connectivity index (χ0n) is 64.7. The Balaban J connectivity index is 0.000000145. The van der Waals surface area contributed by atoms with Gasteiger partial charge in [0.05, 0.1) is 22.4 Å². The molecule has 6 aromatic heterocycles. The van der Waals surface area contributed by atoms with E-state index < -0.39 is 0 Å². The van der Waals surface area contributed by atoms with Crippen molar-refractivity contribution in [1.82, 2.24) is 39.9 Å². The summed E-state index contributed by atoms with van der Waals surface area (Å²) in [6, 6.07) is 143. The first-order valence-electron chi connectivity index (χ1n) is 40.2. The molecule has 10 heteroatoms. The van der Waals surface area contributed by atoms with E-state index >= 15 is 0 Å². The number of aromatic nitrogens is 8. The summed E-state index contributed by atoms with van der Waals surface area (Å²) >= 11 is 0. The van der Waals surface area contributed by atoms with Crippen LogP contribution in [0.1, 0.15) is 0 Å². The zero-order valence-corrected chi connectivity index (χ0v) is 64.7. The van der Waals surface area contributed by atoms with Gasteiger partial charge in [0.2, 0.25) is 0 Å². The third-order valence-corrected chi connectivity index (χ3v) is 22.7. The minimum absolute atomic E-state index is 0.629. The van der Waals surface area contributed by atoms with Crippen LogP contribution in [0.2, 0.25) is 0 Å². The number of hydrogen-bond acceptors (Lipinski definition) is 10. The Morgan fingerprint density at radius 3 is 0.742 bits per heavy atom. The van der Waals surface area contributed by atoms with Crippen molar-refractivity contribution in [3.8, 4) is 146 Å². The van der Waals surface area contributed by atoms with Crippen molar-refractivity contribution in [2.24, 2.45) is 0 Å². The molecule has 120 heavy (non-hydrogen) atoms. The smallest absolute Gasteiger partial charge is 0.164 e. The minimum Gasteiger partial charge on any atom is -0.455 e. The minimum atomic E-state index is 0.629. The highest BCUT2D eigenvalue weighted by Gasteiger charge is 2.24. The third-order valence-electron chi connectivity index (χ3n) is 22.7. The Bertz CT molecular complexity index is 7710. The van der Waals surface area contributed by atoms with Crippen molar-refractivity contribution >= 4 is 87.2 Å². The average Bonchev–Trinajstić information content (AvgIpc) is 1.52. The number of pyridine rings is 2. The van der Waals surface area contributed by atoms with Gasteiger partial charge in [0.25, 0.3) is 0 Å². The molecule has 17 aromatic carbocycles. The summed E-state index contributed by atoms with van der Waals surface area (Å²) in [5.74, 6) is 3.85. The lowest BCUT2D eigenvalue weighted by atomic mass is 9.96. The van der Waals surface area contributed by atoms with Crippen LogP contribution in [0, 0.1) is 0 Å². The van der Waals surface area contributed by atoms with E-state index in [4.69, 9.17) is 48.7 Å². The van der Waals surface area contributed by atoms with Gasteiger partial charge in [-0.05, 0) is 74.8 Å². The fraction of sp³-hybridized carbons (Fsp3) is 0. The average molecular weight is 1530 g/mol. The highest BCUT2D eigenvalue weighted by atomic mass is 16.3. The van der Waals surface area contributed by atoms with Crippen molar-refractivity contribution in [2.75, 3.05) is 0 Å². The second kappa shape index (κ2) is 30.1. The summed E-state index contributed by atoms with van der Waals surface area (Å²) in [5, 5.41) is 10.9. The molecule has 10 nitrogen and oxygen atoms in total. The van der Waals surface area contributed by atoms with Gasteiger partial charge in [0.1, 0.15) is 22.3 Å². The second-order valence-corrected chi connectivity index (χ2v) is 30.0. The van der Waals surface area contributed by atoms with E-state index in [1.165, 1.54) is 0 Å². The van der Waals surface area contributed by atoms with E-state index in [-0.39, 0.29) is 0 Å². The molecule has 0 bridgehead atoms. The molecule has 0 aliphatic heterocycles. The van der Waals surface area contributed by atoms with E-state index in [0.29, 0.717) is 34.9 Å². The molecule has 0 N–H and O–H groups in total. The van der Waals surface area contributed by atoms with Gasteiger partial charge in [-0.2, -0.15) is 0 Å². The fourth-order valence-electron chi connectivity index (χ4n) is 16.7. The zero-order chi connectivity index (χ0) is 79.4. The Labute approximate surface area is 690 Å². The molecule has 6 heterocycles. The number of fused-ring (bicyclic) bond motifs is 14. The first-order chi connectivity index (χ1) is 59.5. The maximum atomic E-state index is 6.97. The summed E-state index contributed by atoms with van der Waals surface area (Å²) < 4.78 is 13.9. The summed E-state index contributed by atoms with van der Waals surface area (Å²) in [5.41, 5.74) is 26.1. The van der Waals surface area contributed by atoms with E-state index in [2.05, 4.69) is 267 Å². The second-order valence-electron chi connectivity index (χ2n) is 30.0. The van der Waals surface area contributed by atoms with Crippen LogP contribution < -0.4 is 0 Å². The Kier molecular flexibility index (Phi) is 17.7. The van der Waals surface area contributed by atoms with Gasteiger partial charge in [0.15, 0.2) is 34.9 Å². The maximum absolute atomic E-state index is 6.97. The predicted octanol–water partition coefficient (Wildman–Crippen LogP) is 28.6. The molecule has 560 valence electrons. The topological polar surface area (TPSA) is 129 Å². The van der Waals surface area contributed by atoms with Gasteiger partial charge in [-0.1, -0.05) is 382 Å². The monoisotopic (exact) mass is 1530 g/mol. The molecular formula is C110H68N8O2. The molecule has 0 saturated heterocycles. The van der Waals surface area contributed by atoms with Crippen molar-refractivity contribution < 1.29 is 8.83 Å². The molecule has 0 fully saturated rings. The summed E-state index contributed by atoms with van der Waals surface area (Å²) in [6.07, 6.45) is 0. The Morgan fingerprint density at radius 1 is 0.142 bits per heavy atom. The van der Waals surface area contributed by atoms with Gasteiger partial charge in [-0.3, -0.25) is 0 Å². The normalized spacial score (nSPS) is 11.5. The fourth-order valence-corrected chi connectivity index (χ4v) is 16.7. The first kappa shape index (κ1) is 70.3. The molecule has 23 aromatic rings.